The topological polar surface area (TPSA) is 59.8 Å². The Labute approximate surface area is 141 Å². The second kappa shape index (κ2) is 6.45. The highest BCUT2D eigenvalue weighted by Gasteiger charge is 2.34. The molecule has 4 rings (SSSR count). The third-order valence-electron chi connectivity index (χ3n) is 4.92. The van der Waals surface area contributed by atoms with Crippen molar-refractivity contribution in [1.82, 2.24) is 14.7 Å². The van der Waals surface area contributed by atoms with Gasteiger partial charge in [-0.3, -0.25) is 9.58 Å². The number of hydrogen-bond donors (Lipinski definition) is 1. The lowest BCUT2D eigenvalue weighted by Gasteiger charge is -2.21. The SMILES string of the molecule is Cn1cc([C@@H]2CN(Cc3ccc4c(c3)OCCO4)C[C@H]2CO)cn1. The third-order valence-corrected chi connectivity index (χ3v) is 4.92. The predicted octanol–water partition coefficient (Wildman–Crippen LogP) is 1.40. The summed E-state index contributed by atoms with van der Waals surface area (Å²) in [7, 11) is 1.93. The number of likely N-dealkylation sites (tertiary alicyclic amines) is 1. The number of hydrogen-bond acceptors (Lipinski definition) is 5. The average molecular weight is 329 g/mol. The molecule has 2 aliphatic heterocycles. The van der Waals surface area contributed by atoms with Crippen LogP contribution in [0, 0.1) is 5.92 Å². The van der Waals surface area contributed by atoms with E-state index in [0.29, 0.717) is 19.1 Å². The van der Waals surface area contributed by atoms with Gasteiger partial charge in [0.05, 0.1) is 6.20 Å². The van der Waals surface area contributed by atoms with Gasteiger partial charge in [-0.15, -0.1) is 0 Å². The quantitative estimate of drug-likeness (QED) is 0.919. The second-order valence-electron chi connectivity index (χ2n) is 6.67. The second-order valence-corrected chi connectivity index (χ2v) is 6.67. The van der Waals surface area contributed by atoms with Gasteiger partial charge >= 0.3 is 0 Å². The molecule has 0 spiro atoms. The van der Waals surface area contributed by atoms with Crippen LogP contribution in [-0.4, -0.2) is 52.7 Å². The third kappa shape index (κ3) is 2.99. The van der Waals surface area contributed by atoms with Gasteiger partial charge in [-0.1, -0.05) is 6.07 Å². The predicted molar refractivity (Wildman–Crippen MR) is 89.2 cm³/mol. The molecular formula is C18H23N3O3. The summed E-state index contributed by atoms with van der Waals surface area (Å²) in [4.78, 5) is 2.39. The molecule has 0 saturated carbocycles. The van der Waals surface area contributed by atoms with E-state index in [0.717, 1.165) is 31.1 Å². The molecule has 2 aromatic rings. The van der Waals surface area contributed by atoms with E-state index in [2.05, 4.69) is 28.3 Å². The van der Waals surface area contributed by atoms with Crippen LogP contribution >= 0.6 is 0 Å². The Balaban J connectivity index is 1.47. The van der Waals surface area contributed by atoms with Crippen molar-refractivity contribution in [2.75, 3.05) is 32.9 Å². The Hall–Kier alpha value is -2.05. The van der Waals surface area contributed by atoms with Crippen molar-refractivity contribution in [3.63, 3.8) is 0 Å². The molecule has 0 bridgehead atoms. The number of aliphatic hydroxyl groups is 1. The van der Waals surface area contributed by atoms with E-state index in [1.165, 1.54) is 11.1 Å². The Morgan fingerprint density at radius 1 is 1.21 bits per heavy atom. The van der Waals surface area contributed by atoms with E-state index < -0.39 is 0 Å². The summed E-state index contributed by atoms with van der Waals surface area (Å²) < 4.78 is 13.1. The van der Waals surface area contributed by atoms with Crippen molar-refractivity contribution >= 4 is 0 Å². The number of ether oxygens (including phenoxy) is 2. The molecule has 2 aliphatic rings. The molecule has 0 radical (unpaired) electrons. The lowest BCUT2D eigenvalue weighted by molar-refractivity contribution is 0.171. The molecule has 1 fully saturated rings. The number of aromatic nitrogens is 2. The Bertz CT molecular complexity index is 715. The highest BCUT2D eigenvalue weighted by atomic mass is 16.6. The van der Waals surface area contributed by atoms with Crippen LogP contribution in [0.3, 0.4) is 0 Å². The highest BCUT2D eigenvalue weighted by Crippen LogP contribution is 2.35. The first kappa shape index (κ1) is 15.5. The Morgan fingerprint density at radius 2 is 2.04 bits per heavy atom. The number of aliphatic hydroxyl groups excluding tert-OH is 1. The van der Waals surface area contributed by atoms with Crippen molar-refractivity contribution < 1.29 is 14.6 Å². The molecule has 1 aromatic carbocycles. The molecule has 0 aliphatic carbocycles. The average Bonchev–Trinajstić information content (AvgIpc) is 3.20. The monoisotopic (exact) mass is 329 g/mol. The molecule has 1 aromatic heterocycles. The molecule has 2 atom stereocenters. The van der Waals surface area contributed by atoms with Crippen LogP contribution < -0.4 is 9.47 Å². The summed E-state index contributed by atoms with van der Waals surface area (Å²) in [6.45, 7) is 4.11. The number of benzene rings is 1. The minimum atomic E-state index is 0.206. The van der Waals surface area contributed by atoms with Crippen molar-refractivity contribution in [1.29, 1.82) is 0 Å². The normalized spacial score (nSPS) is 23.6. The van der Waals surface area contributed by atoms with Gasteiger partial charge in [0.1, 0.15) is 13.2 Å². The van der Waals surface area contributed by atoms with Gasteiger partial charge in [-0.25, -0.2) is 0 Å². The molecule has 0 unspecified atom stereocenters. The lowest BCUT2D eigenvalue weighted by atomic mass is 9.92. The smallest absolute Gasteiger partial charge is 0.161 e. The molecule has 6 heteroatoms. The molecule has 128 valence electrons. The lowest BCUT2D eigenvalue weighted by Crippen LogP contribution is -2.21. The van der Waals surface area contributed by atoms with Crippen LogP contribution in [0.1, 0.15) is 17.0 Å². The van der Waals surface area contributed by atoms with E-state index in [-0.39, 0.29) is 12.5 Å². The van der Waals surface area contributed by atoms with Crippen molar-refractivity contribution in [2.24, 2.45) is 13.0 Å². The fourth-order valence-electron chi connectivity index (χ4n) is 3.73. The van der Waals surface area contributed by atoms with E-state index in [4.69, 9.17) is 9.47 Å². The van der Waals surface area contributed by atoms with Crippen molar-refractivity contribution in [3.8, 4) is 11.5 Å². The van der Waals surface area contributed by atoms with Crippen LogP contribution in [-0.2, 0) is 13.6 Å². The maximum absolute atomic E-state index is 9.76. The summed E-state index contributed by atoms with van der Waals surface area (Å²) in [6.07, 6.45) is 3.97. The zero-order valence-electron chi connectivity index (χ0n) is 13.9. The zero-order valence-corrected chi connectivity index (χ0v) is 13.9. The molecule has 6 nitrogen and oxygen atoms in total. The van der Waals surface area contributed by atoms with E-state index in [1.807, 2.05) is 24.0 Å². The zero-order chi connectivity index (χ0) is 16.5. The summed E-state index contributed by atoms with van der Waals surface area (Å²) in [5.41, 5.74) is 2.42. The van der Waals surface area contributed by atoms with Crippen molar-refractivity contribution in [3.05, 3.63) is 41.7 Å². The molecular weight excluding hydrogens is 306 g/mol. The van der Waals surface area contributed by atoms with Gasteiger partial charge in [-0.2, -0.15) is 5.10 Å². The van der Waals surface area contributed by atoms with E-state index in [9.17, 15) is 5.11 Å². The fraction of sp³-hybridized carbons (Fsp3) is 0.500. The standard InChI is InChI=1S/C18H23N3O3/c1-20-9-14(7-19-20)16-11-21(10-15(16)12-22)8-13-2-3-17-18(6-13)24-5-4-23-17/h2-3,6-7,9,15-16,22H,4-5,8,10-12H2,1H3/t15-,16-/m0/s1. The summed E-state index contributed by atoms with van der Waals surface area (Å²) in [5, 5.41) is 14.0. The number of rotatable bonds is 4. The van der Waals surface area contributed by atoms with Gasteiger partial charge in [0, 0.05) is 51.3 Å². The number of fused-ring (bicyclic) bond motifs is 1. The maximum Gasteiger partial charge on any atom is 0.161 e. The summed E-state index contributed by atoms with van der Waals surface area (Å²) >= 11 is 0. The van der Waals surface area contributed by atoms with Gasteiger partial charge in [-0.05, 0) is 23.3 Å². The molecule has 1 saturated heterocycles. The fourth-order valence-corrected chi connectivity index (χ4v) is 3.73. The van der Waals surface area contributed by atoms with Gasteiger partial charge in [0.15, 0.2) is 11.5 Å². The van der Waals surface area contributed by atoms with Crippen LogP contribution in [0.5, 0.6) is 11.5 Å². The van der Waals surface area contributed by atoms with Gasteiger partial charge < -0.3 is 14.6 Å². The minimum Gasteiger partial charge on any atom is -0.486 e. The van der Waals surface area contributed by atoms with Crippen molar-refractivity contribution in [2.45, 2.75) is 12.5 Å². The van der Waals surface area contributed by atoms with Crippen LogP contribution in [0.4, 0.5) is 0 Å². The first-order valence-corrected chi connectivity index (χ1v) is 8.43. The largest absolute Gasteiger partial charge is 0.486 e. The maximum atomic E-state index is 9.76. The number of aryl methyl sites for hydroxylation is 1. The highest BCUT2D eigenvalue weighted by molar-refractivity contribution is 5.43. The Kier molecular flexibility index (Phi) is 4.16. The van der Waals surface area contributed by atoms with Crippen LogP contribution in [0.15, 0.2) is 30.6 Å². The minimum absolute atomic E-state index is 0.206. The van der Waals surface area contributed by atoms with E-state index >= 15 is 0 Å². The molecule has 0 amide bonds. The molecule has 24 heavy (non-hydrogen) atoms. The van der Waals surface area contributed by atoms with Crippen LogP contribution in [0.2, 0.25) is 0 Å². The Morgan fingerprint density at radius 3 is 2.79 bits per heavy atom. The molecule has 1 N–H and O–H groups in total. The van der Waals surface area contributed by atoms with Gasteiger partial charge in [0.2, 0.25) is 0 Å². The molecule has 3 heterocycles. The number of nitrogens with zero attached hydrogens (tertiary/aromatic N) is 3. The summed E-state index contributed by atoms with van der Waals surface area (Å²) in [5.74, 6) is 2.25. The van der Waals surface area contributed by atoms with E-state index in [1.54, 1.807) is 0 Å². The van der Waals surface area contributed by atoms with Gasteiger partial charge in [0.25, 0.3) is 0 Å². The first-order chi connectivity index (χ1) is 11.7. The summed E-state index contributed by atoms with van der Waals surface area (Å²) in [6, 6.07) is 6.15. The van der Waals surface area contributed by atoms with Crippen LogP contribution in [0.25, 0.3) is 0 Å². The first-order valence-electron chi connectivity index (χ1n) is 8.43.